The zero-order valence-corrected chi connectivity index (χ0v) is 28.9. The van der Waals surface area contributed by atoms with E-state index in [2.05, 4.69) is 50.1 Å². The lowest BCUT2D eigenvalue weighted by molar-refractivity contribution is 0.0482. The lowest BCUT2D eigenvalue weighted by atomic mass is 9.98. The molecule has 0 spiro atoms. The second-order valence-corrected chi connectivity index (χ2v) is 13.4. The Morgan fingerprint density at radius 3 is 1.12 bits per heavy atom. The summed E-state index contributed by atoms with van der Waals surface area (Å²) in [6.07, 6.45) is 41.8. The van der Waals surface area contributed by atoms with Gasteiger partial charge in [-0.1, -0.05) is 128 Å². The molecule has 1 rings (SSSR count). The van der Waals surface area contributed by atoms with E-state index >= 15 is 0 Å². The number of ether oxygens (including phenoxy) is 2. The van der Waals surface area contributed by atoms with E-state index in [1.807, 2.05) is 0 Å². The first-order chi connectivity index (χ1) is 20.8. The van der Waals surface area contributed by atoms with Gasteiger partial charge in [0.25, 0.3) is 0 Å². The van der Waals surface area contributed by atoms with Gasteiger partial charge in [0.1, 0.15) is 0 Å². The number of unbranched alkanes of at least 4 members (excludes halogenated alkanes) is 20. The predicted octanol–water partition coefficient (Wildman–Crippen LogP) is 11.7. The molecule has 0 aromatic carbocycles. The molecule has 2 atom stereocenters. The fourth-order valence-electron chi connectivity index (χ4n) is 6.22. The fraction of sp³-hybridized carbons (Fsp3) is 0.897. The Morgan fingerprint density at radius 1 is 0.452 bits per heavy atom. The standard InChI is InChI=1S/C39H75NO2/c1-4-6-8-10-12-14-16-18-20-22-24-26-28-30-32-41-36-38-34-40(3)35-39(38)37-42-33-31-29-27-25-23-21-19-17-15-13-11-9-7-5-2/h14-17,38-39H,4-13,18-37H2,1-3H3/t38-,39?/m0/s1. The highest BCUT2D eigenvalue weighted by molar-refractivity contribution is 4.83. The first kappa shape index (κ1) is 39.4. The molecule has 0 aliphatic carbocycles. The number of allylic oxidation sites excluding steroid dienone is 4. The highest BCUT2D eigenvalue weighted by atomic mass is 16.5. The van der Waals surface area contributed by atoms with Gasteiger partial charge >= 0.3 is 0 Å². The molecule has 3 heteroatoms. The third-order valence-corrected chi connectivity index (χ3v) is 9.02. The molecule has 1 unspecified atom stereocenters. The molecule has 1 aliphatic rings. The normalized spacial score (nSPS) is 17.9. The first-order valence-electron chi connectivity index (χ1n) is 18.9. The smallest absolute Gasteiger partial charge is 0.0510 e. The van der Waals surface area contributed by atoms with Crippen LogP contribution in [0.15, 0.2) is 24.3 Å². The summed E-state index contributed by atoms with van der Waals surface area (Å²) in [7, 11) is 2.25. The van der Waals surface area contributed by atoms with Crippen molar-refractivity contribution in [3.8, 4) is 0 Å². The van der Waals surface area contributed by atoms with Crippen molar-refractivity contribution in [3.05, 3.63) is 24.3 Å². The minimum atomic E-state index is 0.639. The van der Waals surface area contributed by atoms with Gasteiger partial charge in [-0.15, -0.1) is 0 Å². The summed E-state index contributed by atoms with van der Waals surface area (Å²) < 4.78 is 12.3. The molecule has 0 N–H and O–H groups in total. The van der Waals surface area contributed by atoms with Crippen molar-refractivity contribution in [2.45, 2.75) is 168 Å². The van der Waals surface area contributed by atoms with Crippen molar-refractivity contribution in [2.24, 2.45) is 11.8 Å². The van der Waals surface area contributed by atoms with Crippen molar-refractivity contribution >= 4 is 0 Å². The monoisotopic (exact) mass is 590 g/mol. The van der Waals surface area contributed by atoms with E-state index in [9.17, 15) is 0 Å². The molecule has 1 fully saturated rings. The number of hydrogen-bond donors (Lipinski definition) is 0. The summed E-state index contributed by atoms with van der Waals surface area (Å²) in [4.78, 5) is 2.46. The molecule has 0 amide bonds. The van der Waals surface area contributed by atoms with Crippen LogP contribution in [0.3, 0.4) is 0 Å². The van der Waals surface area contributed by atoms with Crippen LogP contribution in [0.4, 0.5) is 0 Å². The third-order valence-electron chi connectivity index (χ3n) is 9.02. The maximum absolute atomic E-state index is 6.14. The van der Waals surface area contributed by atoms with Crippen LogP contribution in [0.5, 0.6) is 0 Å². The predicted molar refractivity (Wildman–Crippen MR) is 187 cm³/mol. The van der Waals surface area contributed by atoms with E-state index in [0.29, 0.717) is 11.8 Å². The highest BCUT2D eigenvalue weighted by Crippen LogP contribution is 2.23. The topological polar surface area (TPSA) is 21.7 Å². The summed E-state index contributed by atoms with van der Waals surface area (Å²) in [5, 5.41) is 0. The Hall–Kier alpha value is -0.640. The number of nitrogens with zero attached hydrogens (tertiary/aromatic N) is 1. The van der Waals surface area contributed by atoms with E-state index < -0.39 is 0 Å². The van der Waals surface area contributed by atoms with Crippen LogP contribution >= 0.6 is 0 Å². The second kappa shape index (κ2) is 31.8. The third kappa shape index (κ3) is 25.8. The molecular weight excluding hydrogens is 514 g/mol. The number of hydrogen-bond acceptors (Lipinski definition) is 3. The molecule has 1 saturated heterocycles. The Morgan fingerprint density at radius 2 is 0.762 bits per heavy atom. The van der Waals surface area contributed by atoms with Crippen molar-refractivity contribution < 1.29 is 9.47 Å². The molecule has 1 heterocycles. The molecular formula is C39H75NO2. The Kier molecular flexibility index (Phi) is 29.8. The van der Waals surface area contributed by atoms with E-state index in [4.69, 9.17) is 9.47 Å². The van der Waals surface area contributed by atoms with Crippen molar-refractivity contribution in [2.75, 3.05) is 46.6 Å². The SMILES string of the molecule is CCCCCCC=CCCCCCCCCOCC1CN(C)C[C@H]1COCCCCCCCCC=CCCCCCC. The van der Waals surface area contributed by atoms with Crippen molar-refractivity contribution in [3.63, 3.8) is 0 Å². The van der Waals surface area contributed by atoms with Gasteiger partial charge in [-0.3, -0.25) is 0 Å². The molecule has 42 heavy (non-hydrogen) atoms. The van der Waals surface area contributed by atoms with Gasteiger partial charge in [0.2, 0.25) is 0 Å². The first-order valence-corrected chi connectivity index (χ1v) is 18.9. The molecule has 0 radical (unpaired) electrons. The van der Waals surface area contributed by atoms with Crippen LogP contribution in [0.25, 0.3) is 0 Å². The van der Waals surface area contributed by atoms with E-state index in [-0.39, 0.29) is 0 Å². The van der Waals surface area contributed by atoms with Crippen LogP contribution in [-0.4, -0.2) is 51.5 Å². The van der Waals surface area contributed by atoms with Crippen LogP contribution in [-0.2, 0) is 9.47 Å². The summed E-state index contributed by atoms with van der Waals surface area (Å²) in [5.41, 5.74) is 0. The van der Waals surface area contributed by atoms with Gasteiger partial charge in [-0.2, -0.15) is 0 Å². The zero-order chi connectivity index (χ0) is 30.2. The minimum Gasteiger partial charge on any atom is -0.381 e. The molecule has 0 bridgehead atoms. The average Bonchev–Trinajstić information content (AvgIpc) is 3.35. The van der Waals surface area contributed by atoms with Gasteiger partial charge in [0.05, 0.1) is 13.2 Å². The van der Waals surface area contributed by atoms with E-state index in [0.717, 1.165) is 39.5 Å². The van der Waals surface area contributed by atoms with Crippen molar-refractivity contribution in [1.29, 1.82) is 0 Å². The summed E-state index contributed by atoms with van der Waals surface area (Å²) >= 11 is 0. The lowest BCUT2D eigenvalue weighted by Gasteiger charge is -2.18. The Balaban J connectivity index is 1.88. The molecule has 3 nitrogen and oxygen atoms in total. The van der Waals surface area contributed by atoms with Crippen LogP contribution < -0.4 is 0 Å². The summed E-state index contributed by atoms with van der Waals surface area (Å²) in [6.45, 7) is 10.6. The number of rotatable bonds is 32. The summed E-state index contributed by atoms with van der Waals surface area (Å²) in [6, 6.07) is 0. The largest absolute Gasteiger partial charge is 0.381 e. The maximum atomic E-state index is 6.14. The van der Waals surface area contributed by atoms with Crippen LogP contribution in [0, 0.1) is 11.8 Å². The average molecular weight is 590 g/mol. The second-order valence-electron chi connectivity index (χ2n) is 13.4. The van der Waals surface area contributed by atoms with Gasteiger partial charge in [0, 0.05) is 38.1 Å². The van der Waals surface area contributed by atoms with E-state index in [1.165, 1.54) is 154 Å². The summed E-state index contributed by atoms with van der Waals surface area (Å²) in [5.74, 6) is 1.28. The minimum absolute atomic E-state index is 0.639. The molecule has 1 aliphatic heterocycles. The lowest BCUT2D eigenvalue weighted by Crippen LogP contribution is -2.23. The van der Waals surface area contributed by atoms with Gasteiger partial charge in [-0.05, 0) is 71.3 Å². The van der Waals surface area contributed by atoms with Gasteiger partial charge in [-0.25, -0.2) is 0 Å². The van der Waals surface area contributed by atoms with Crippen LogP contribution in [0.2, 0.25) is 0 Å². The zero-order valence-electron chi connectivity index (χ0n) is 28.9. The Bertz CT molecular complexity index is 539. The van der Waals surface area contributed by atoms with Gasteiger partial charge in [0.15, 0.2) is 0 Å². The maximum Gasteiger partial charge on any atom is 0.0510 e. The molecule has 248 valence electrons. The van der Waals surface area contributed by atoms with Gasteiger partial charge < -0.3 is 14.4 Å². The molecule has 0 saturated carbocycles. The molecule has 0 aromatic rings. The highest BCUT2D eigenvalue weighted by Gasteiger charge is 2.30. The Labute approximate surface area is 264 Å². The van der Waals surface area contributed by atoms with Crippen molar-refractivity contribution in [1.82, 2.24) is 4.90 Å². The van der Waals surface area contributed by atoms with Crippen LogP contribution in [0.1, 0.15) is 168 Å². The quantitative estimate of drug-likeness (QED) is 0.0575. The number of likely N-dealkylation sites (tertiary alicyclic amines) is 1. The molecule has 0 aromatic heterocycles. The van der Waals surface area contributed by atoms with E-state index in [1.54, 1.807) is 0 Å². The fourth-order valence-corrected chi connectivity index (χ4v) is 6.22.